The van der Waals surface area contributed by atoms with E-state index < -0.39 is 5.79 Å². The Labute approximate surface area is 192 Å². The van der Waals surface area contributed by atoms with E-state index in [9.17, 15) is 0 Å². The molecule has 1 fully saturated rings. The monoisotopic (exact) mass is 436 g/mol. The van der Waals surface area contributed by atoms with Gasteiger partial charge in [0.25, 0.3) is 6.02 Å². The second kappa shape index (κ2) is 10.1. The van der Waals surface area contributed by atoms with Gasteiger partial charge in [0.2, 0.25) is 0 Å². The number of rotatable bonds is 7. The van der Waals surface area contributed by atoms with E-state index >= 15 is 0 Å². The molecule has 0 radical (unpaired) electrons. The van der Waals surface area contributed by atoms with Gasteiger partial charge in [-0.2, -0.15) is 0 Å². The van der Waals surface area contributed by atoms with Gasteiger partial charge in [-0.25, -0.2) is 4.99 Å². The molecule has 2 aliphatic heterocycles. The minimum absolute atomic E-state index is 0.0789. The van der Waals surface area contributed by atoms with Crippen LogP contribution in [0.2, 0.25) is 0 Å². The predicted octanol–water partition coefficient (Wildman–Crippen LogP) is 4.85. The molecule has 2 aromatic carbocycles. The molecule has 2 heterocycles. The summed E-state index contributed by atoms with van der Waals surface area (Å²) in [6.07, 6.45) is 3.57. The Kier molecular flexibility index (Phi) is 7.17. The maximum absolute atomic E-state index is 6.60. The van der Waals surface area contributed by atoms with Crippen LogP contribution in [0, 0.1) is 0 Å². The maximum atomic E-state index is 6.60. The molecule has 0 bridgehead atoms. The van der Waals surface area contributed by atoms with Crippen LogP contribution in [0.1, 0.15) is 44.7 Å². The minimum atomic E-state index is -0.643. The standard InChI is InChI=1S/C27H36N2O3/c1-5-6-17-29-23(19-21-15-11-8-12-16-21)25-24(31-27(2,3)32-25)22(28-26(29)30-4)18-20-13-9-7-10-14-20/h7-16,22-25H,5-6,17-19H2,1-4H3/t22-,23-,24?,25?/m1/s1. The molecule has 5 nitrogen and oxygen atoms in total. The van der Waals surface area contributed by atoms with Crippen LogP contribution in [0.3, 0.4) is 0 Å². The summed E-state index contributed by atoms with van der Waals surface area (Å²) in [5.41, 5.74) is 2.52. The van der Waals surface area contributed by atoms with Gasteiger partial charge in [0.05, 0.1) is 19.2 Å². The van der Waals surface area contributed by atoms with Crippen molar-refractivity contribution in [3.05, 3.63) is 71.8 Å². The van der Waals surface area contributed by atoms with Crippen molar-refractivity contribution in [2.45, 2.75) is 76.5 Å². The van der Waals surface area contributed by atoms with Crippen LogP contribution in [0.4, 0.5) is 0 Å². The third-order valence-corrected chi connectivity index (χ3v) is 6.35. The number of fused-ring (bicyclic) bond motifs is 1. The largest absolute Gasteiger partial charge is 0.468 e. The van der Waals surface area contributed by atoms with E-state index in [-0.39, 0.29) is 24.3 Å². The number of nitrogens with zero attached hydrogens (tertiary/aromatic N) is 2. The molecular formula is C27H36N2O3. The van der Waals surface area contributed by atoms with E-state index in [0.717, 1.165) is 32.2 Å². The molecule has 5 heteroatoms. The summed E-state index contributed by atoms with van der Waals surface area (Å²) in [6.45, 7) is 7.12. The van der Waals surface area contributed by atoms with Crippen molar-refractivity contribution in [1.82, 2.24) is 4.90 Å². The van der Waals surface area contributed by atoms with Crippen molar-refractivity contribution in [1.29, 1.82) is 0 Å². The summed E-state index contributed by atoms with van der Waals surface area (Å²) in [7, 11) is 1.73. The lowest BCUT2D eigenvalue weighted by molar-refractivity contribution is -0.152. The summed E-state index contributed by atoms with van der Waals surface area (Å²) in [4.78, 5) is 7.46. The molecule has 0 aromatic heterocycles. The number of methoxy groups -OCH3 is 1. The van der Waals surface area contributed by atoms with Crippen molar-refractivity contribution < 1.29 is 14.2 Å². The highest BCUT2D eigenvalue weighted by atomic mass is 16.8. The Balaban J connectivity index is 1.74. The lowest BCUT2D eigenvalue weighted by atomic mass is 9.91. The molecule has 2 aromatic rings. The van der Waals surface area contributed by atoms with Crippen LogP contribution in [-0.2, 0) is 27.1 Å². The first-order chi connectivity index (χ1) is 15.5. The summed E-state index contributed by atoms with van der Waals surface area (Å²) < 4.78 is 19.0. The highest BCUT2D eigenvalue weighted by molar-refractivity contribution is 5.75. The van der Waals surface area contributed by atoms with E-state index in [2.05, 4.69) is 66.4 Å². The van der Waals surface area contributed by atoms with E-state index in [1.54, 1.807) is 7.11 Å². The first-order valence-corrected chi connectivity index (χ1v) is 11.8. The maximum Gasteiger partial charge on any atom is 0.287 e. The molecule has 0 spiro atoms. The van der Waals surface area contributed by atoms with Gasteiger partial charge in [0, 0.05) is 6.54 Å². The van der Waals surface area contributed by atoms with Gasteiger partial charge in [-0.15, -0.1) is 0 Å². The fraction of sp³-hybridized carbons (Fsp3) is 0.519. The van der Waals surface area contributed by atoms with Crippen molar-refractivity contribution in [3.8, 4) is 0 Å². The lowest BCUT2D eigenvalue weighted by Gasteiger charge is -2.36. The number of hydrogen-bond acceptors (Lipinski definition) is 5. The van der Waals surface area contributed by atoms with Gasteiger partial charge in [0.15, 0.2) is 5.79 Å². The highest BCUT2D eigenvalue weighted by Crippen LogP contribution is 2.38. The third kappa shape index (κ3) is 5.16. The molecule has 4 rings (SSSR count). The number of amidine groups is 1. The first kappa shape index (κ1) is 22.8. The molecule has 2 unspecified atom stereocenters. The van der Waals surface area contributed by atoms with Crippen LogP contribution >= 0.6 is 0 Å². The van der Waals surface area contributed by atoms with Crippen LogP contribution < -0.4 is 0 Å². The zero-order valence-electron chi connectivity index (χ0n) is 19.7. The molecule has 0 aliphatic carbocycles. The van der Waals surface area contributed by atoms with Crippen molar-refractivity contribution in [2.75, 3.05) is 13.7 Å². The van der Waals surface area contributed by atoms with Crippen LogP contribution in [0.5, 0.6) is 0 Å². The SMILES string of the molecule is CCCCN1C(OC)=N[C@H](Cc2ccccc2)C2OC(C)(C)OC2[C@H]1Cc1ccccc1. The van der Waals surface area contributed by atoms with E-state index in [0.29, 0.717) is 6.02 Å². The van der Waals surface area contributed by atoms with Crippen LogP contribution in [0.25, 0.3) is 0 Å². The third-order valence-electron chi connectivity index (χ3n) is 6.35. The molecule has 0 N–H and O–H groups in total. The second-order valence-corrected chi connectivity index (χ2v) is 9.24. The number of ether oxygens (including phenoxy) is 3. The fourth-order valence-corrected chi connectivity index (χ4v) is 4.88. The van der Waals surface area contributed by atoms with Gasteiger partial charge in [-0.05, 0) is 44.2 Å². The Hall–Kier alpha value is -2.37. The molecular weight excluding hydrogens is 400 g/mol. The summed E-state index contributed by atoms with van der Waals surface area (Å²) >= 11 is 0. The Morgan fingerprint density at radius 1 is 0.906 bits per heavy atom. The summed E-state index contributed by atoms with van der Waals surface area (Å²) in [5.74, 6) is -0.643. The van der Waals surface area contributed by atoms with E-state index in [1.165, 1.54) is 11.1 Å². The Morgan fingerprint density at radius 3 is 2.09 bits per heavy atom. The Bertz CT molecular complexity index is 884. The number of unbranched alkanes of at least 4 members (excludes halogenated alkanes) is 1. The summed E-state index contributed by atoms with van der Waals surface area (Å²) in [6, 6.07) is 21.8. The smallest absolute Gasteiger partial charge is 0.287 e. The fourth-order valence-electron chi connectivity index (χ4n) is 4.88. The van der Waals surface area contributed by atoms with Crippen LogP contribution in [-0.4, -0.2) is 54.7 Å². The van der Waals surface area contributed by atoms with E-state index in [1.807, 2.05) is 19.9 Å². The van der Waals surface area contributed by atoms with Crippen molar-refractivity contribution in [2.24, 2.45) is 4.99 Å². The second-order valence-electron chi connectivity index (χ2n) is 9.24. The quantitative estimate of drug-likeness (QED) is 0.623. The minimum Gasteiger partial charge on any atom is -0.468 e. The Morgan fingerprint density at radius 2 is 1.50 bits per heavy atom. The molecule has 2 aliphatic rings. The highest BCUT2D eigenvalue weighted by Gasteiger charge is 2.52. The average molecular weight is 437 g/mol. The normalized spacial score (nSPS) is 26.9. The van der Waals surface area contributed by atoms with Gasteiger partial charge < -0.3 is 19.1 Å². The summed E-state index contributed by atoms with van der Waals surface area (Å²) in [5, 5.41) is 0. The number of aliphatic imine (C=N–C) groups is 1. The molecule has 1 saturated heterocycles. The molecule has 172 valence electrons. The molecule has 0 amide bonds. The number of hydrogen-bond donors (Lipinski definition) is 0. The van der Waals surface area contributed by atoms with Crippen molar-refractivity contribution >= 4 is 6.02 Å². The zero-order chi connectivity index (χ0) is 22.6. The van der Waals surface area contributed by atoms with Crippen LogP contribution in [0.15, 0.2) is 65.7 Å². The zero-order valence-corrected chi connectivity index (χ0v) is 19.7. The van der Waals surface area contributed by atoms with Gasteiger partial charge >= 0.3 is 0 Å². The first-order valence-electron chi connectivity index (χ1n) is 11.8. The molecule has 0 saturated carbocycles. The molecule has 32 heavy (non-hydrogen) atoms. The van der Waals surface area contributed by atoms with Gasteiger partial charge in [-0.1, -0.05) is 74.0 Å². The topological polar surface area (TPSA) is 43.3 Å². The average Bonchev–Trinajstić information content (AvgIpc) is 3.08. The van der Waals surface area contributed by atoms with Crippen molar-refractivity contribution in [3.63, 3.8) is 0 Å². The van der Waals surface area contributed by atoms with E-state index in [4.69, 9.17) is 19.2 Å². The predicted molar refractivity (Wildman–Crippen MR) is 128 cm³/mol. The lowest BCUT2D eigenvalue weighted by Crippen LogP contribution is -2.51. The molecule has 4 atom stereocenters. The van der Waals surface area contributed by atoms with Gasteiger partial charge in [0.1, 0.15) is 12.2 Å². The number of benzene rings is 2. The van der Waals surface area contributed by atoms with Gasteiger partial charge in [-0.3, -0.25) is 0 Å².